The standard InChI is InChI=1S/C17H35N7O2/c1-13(2)5-7-19-15-22-16(24-17(23-15)21-14(3)4)20-8-10-26-12-11-25-9-6-18/h13-14H,5-12,18H2,1-4H3,(H3,19,20,21,22,23,24). The van der Waals surface area contributed by atoms with Crippen LogP contribution in [-0.4, -0.2) is 67.1 Å². The van der Waals surface area contributed by atoms with E-state index in [-0.39, 0.29) is 6.04 Å². The normalized spacial score (nSPS) is 11.2. The molecule has 0 atom stereocenters. The fourth-order valence-corrected chi connectivity index (χ4v) is 1.97. The number of nitrogens with one attached hydrogen (secondary N) is 3. The van der Waals surface area contributed by atoms with Crippen molar-refractivity contribution in [3.05, 3.63) is 0 Å². The maximum Gasteiger partial charge on any atom is 0.229 e. The van der Waals surface area contributed by atoms with Gasteiger partial charge >= 0.3 is 0 Å². The van der Waals surface area contributed by atoms with Gasteiger partial charge in [0.05, 0.1) is 26.4 Å². The molecular weight excluding hydrogens is 334 g/mol. The molecule has 1 rings (SSSR count). The molecule has 0 fully saturated rings. The van der Waals surface area contributed by atoms with Crippen LogP contribution in [0, 0.1) is 5.92 Å². The van der Waals surface area contributed by atoms with Crippen molar-refractivity contribution in [1.29, 1.82) is 0 Å². The Kier molecular flexibility index (Phi) is 11.6. The summed E-state index contributed by atoms with van der Waals surface area (Å²) in [7, 11) is 0. The van der Waals surface area contributed by atoms with Gasteiger partial charge in [0, 0.05) is 25.7 Å². The lowest BCUT2D eigenvalue weighted by Crippen LogP contribution is -2.19. The summed E-state index contributed by atoms with van der Waals surface area (Å²) >= 11 is 0. The maximum absolute atomic E-state index is 5.49. The van der Waals surface area contributed by atoms with E-state index >= 15 is 0 Å². The van der Waals surface area contributed by atoms with Crippen LogP contribution in [0.5, 0.6) is 0 Å². The van der Waals surface area contributed by atoms with Crippen molar-refractivity contribution in [3.63, 3.8) is 0 Å². The second kappa shape index (κ2) is 13.5. The van der Waals surface area contributed by atoms with Crippen molar-refractivity contribution in [2.75, 3.05) is 62.0 Å². The van der Waals surface area contributed by atoms with Gasteiger partial charge < -0.3 is 31.2 Å². The van der Waals surface area contributed by atoms with E-state index in [0.717, 1.165) is 13.0 Å². The van der Waals surface area contributed by atoms with Crippen molar-refractivity contribution >= 4 is 17.8 Å². The van der Waals surface area contributed by atoms with Gasteiger partial charge in [-0.15, -0.1) is 0 Å². The molecule has 0 amide bonds. The molecule has 0 radical (unpaired) electrons. The van der Waals surface area contributed by atoms with Crippen LogP contribution in [0.15, 0.2) is 0 Å². The molecule has 0 aliphatic rings. The number of rotatable bonds is 15. The van der Waals surface area contributed by atoms with Gasteiger partial charge in [-0.25, -0.2) is 0 Å². The topological polar surface area (TPSA) is 119 Å². The SMILES string of the molecule is CC(C)CCNc1nc(NCCOCCOCCN)nc(NC(C)C)n1. The molecule has 150 valence electrons. The van der Waals surface area contributed by atoms with E-state index in [1.165, 1.54) is 0 Å². The molecule has 1 aromatic rings. The fraction of sp³-hybridized carbons (Fsp3) is 0.824. The molecule has 5 N–H and O–H groups in total. The summed E-state index contributed by atoms with van der Waals surface area (Å²) in [5.74, 6) is 2.28. The molecule has 1 heterocycles. The Morgan fingerprint density at radius 3 is 1.96 bits per heavy atom. The fourth-order valence-electron chi connectivity index (χ4n) is 1.97. The summed E-state index contributed by atoms with van der Waals surface area (Å²) < 4.78 is 10.7. The Morgan fingerprint density at radius 1 is 0.808 bits per heavy atom. The largest absolute Gasteiger partial charge is 0.378 e. The lowest BCUT2D eigenvalue weighted by Gasteiger charge is -2.13. The van der Waals surface area contributed by atoms with Gasteiger partial charge in [-0.2, -0.15) is 15.0 Å². The van der Waals surface area contributed by atoms with E-state index in [1.807, 2.05) is 13.8 Å². The molecule has 0 aromatic carbocycles. The van der Waals surface area contributed by atoms with E-state index < -0.39 is 0 Å². The maximum atomic E-state index is 5.49. The average Bonchev–Trinajstić information content (AvgIpc) is 2.56. The van der Waals surface area contributed by atoms with Gasteiger partial charge in [0.2, 0.25) is 17.8 Å². The van der Waals surface area contributed by atoms with Crippen LogP contribution in [0.1, 0.15) is 34.1 Å². The minimum atomic E-state index is 0.241. The number of ether oxygens (including phenoxy) is 2. The van der Waals surface area contributed by atoms with Gasteiger partial charge in [0.1, 0.15) is 0 Å². The highest BCUT2D eigenvalue weighted by Crippen LogP contribution is 2.11. The molecule has 0 spiro atoms. The van der Waals surface area contributed by atoms with Crippen LogP contribution >= 0.6 is 0 Å². The molecule has 0 saturated carbocycles. The average molecular weight is 370 g/mol. The van der Waals surface area contributed by atoms with Crippen LogP contribution in [0.2, 0.25) is 0 Å². The van der Waals surface area contributed by atoms with Gasteiger partial charge in [-0.1, -0.05) is 13.8 Å². The van der Waals surface area contributed by atoms with E-state index in [0.29, 0.717) is 63.3 Å². The quantitative estimate of drug-likeness (QED) is 0.341. The Morgan fingerprint density at radius 2 is 1.38 bits per heavy atom. The summed E-state index contributed by atoms with van der Waals surface area (Å²) in [4.78, 5) is 13.2. The van der Waals surface area contributed by atoms with E-state index in [4.69, 9.17) is 15.2 Å². The van der Waals surface area contributed by atoms with Crippen molar-refractivity contribution in [3.8, 4) is 0 Å². The predicted molar refractivity (Wildman–Crippen MR) is 106 cm³/mol. The van der Waals surface area contributed by atoms with Crippen molar-refractivity contribution in [2.24, 2.45) is 11.7 Å². The summed E-state index contributed by atoms with van der Waals surface area (Å²) in [5, 5.41) is 9.65. The Hall–Kier alpha value is -1.71. The third-order valence-electron chi connectivity index (χ3n) is 3.22. The Bertz CT molecular complexity index is 486. The highest BCUT2D eigenvalue weighted by molar-refractivity contribution is 5.42. The predicted octanol–water partition coefficient (Wildman–Crippen LogP) is 1.55. The number of hydrogen-bond donors (Lipinski definition) is 4. The second-order valence-electron chi connectivity index (χ2n) is 6.65. The van der Waals surface area contributed by atoms with Gasteiger partial charge in [-0.05, 0) is 26.2 Å². The number of hydrogen-bond acceptors (Lipinski definition) is 9. The monoisotopic (exact) mass is 369 g/mol. The van der Waals surface area contributed by atoms with Gasteiger partial charge in [-0.3, -0.25) is 0 Å². The van der Waals surface area contributed by atoms with Gasteiger partial charge in [0.15, 0.2) is 0 Å². The summed E-state index contributed by atoms with van der Waals surface area (Å²) in [6.07, 6.45) is 1.06. The third-order valence-corrected chi connectivity index (χ3v) is 3.22. The van der Waals surface area contributed by atoms with Crippen LogP contribution < -0.4 is 21.7 Å². The summed E-state index contributed by atoms with van der Waals surface area (Å²) in [5.41, 5.74) is 5.35. The number of anilines is 3. The zero-order chi connectivity index (χ0) is 19.2. The van der Waals surface area contributed by atoms with Crippen LogP contribution in [0.4, 0.5) is 17.8 Å². The van der Waals surface area contributed by atoms with Crippen molar-refractivity contribution in [1.82, 2.24) is 15.0 Å². The first kappa shape index (κ1) is 22.3. The van der Waals surface area contributed by atoms with Crippen molar-refractivity contribution < 1.29 is 9.47 Å². The molecule has 0 bridgehead atoms. The zero-order valence-electron chi connectivity index (χ0n) is 16.5. The number of nitrogens with zero attached hydrogens (tertiary/aromatic N) is 3. The minimum absolute atomic E-state index is 0.241. The van der Waals surface area contributed by atoms with E-state index in [9.17, 15) is 0 Å². The molecule has 9 heteroatoms. The van der Waals surface area contributed by atoms with E-state index in [2.05, 4.69) is 44.7 Å². The highest BCUT2D eigenvalue weighted by atomic mass is 16.5. The molecule has 1 aromatic heterocycles. The lowest BCUT2D eigenvalue weighted by molar-refractivity contribution is 0.0547. The first-order chi connectivity index (χ1) is 12.5. The molecule has 0 saturated heterocycles. The molecule has 0 aliphatic heterocycles. The third kappa shape index (κ3) is 11.0. The number of aromatic nitrogens is 3. The first-order valence-corrected chi connectivity index (χ1v) is 9.37. The minimum Gasteiger partial charge on any atom is -0.378 e. The van der Waals surface area contributed by atoms with Crippen LogP contribution in [0.3, 0.4) is 0 Å². The van der Waals surface area contributed by atoms with Crippen LogP contribution in [0.25, 0.3) is 0 Å². The summed E-state index contributed by atoms with van der Waals surface area (Å²) in [6.45, 7) is 12.6. The van der Waals surface area contributed by atoms with Gasteiger partial charge in [0.25, 0.3) is 0 Å². The molecular formula is C17H35N7O2. The Balaban J connectivity index is 2.45. The zero-order valence-corrected chi connectivity index (χ0v) is 16.5. The summed E-state index contributed by atoms with van der Waals surface area (Å²) in [6, 6.07) is 0.241. The Labute approximate surface area is 156 Å². The van der Waals surface area contributed by atoms with Crippen molar-refractivity contribution in [2.45, 2.75) is 40.2 Å². The molecule has 9 nitrogen and oxygen atoms in total. The second-order valence-corrected chi connectivity index (χ2v) is 6.65. The molecule has 0 unspecified atom stereocenters. The highest BCUT2D eigenvalue weighted by Gasteiger charge is 2.07. The number of nitrogens with two attached hydrogens (primary N) is 1. The lowest BCUT2D eigenvalue weighted by atomic mass is 10.1. The van der Waals surface area contributed by atoms with Crippen LogP contribution in [-0.2, 0) is 9.47 Å². The molecule has 0 aliphatic carbocycles. The first-order valence-electron chi connectivity index (χ1n) is 9.37. The smallest absolute Gasteiger partial charge is 0.229 e. The van der Waals surface area contributed by atoms with E-state index in [1.54, 1.807) is 0 Å². The molecule has 26 heavy (non-hydrogen) atoms.